The van der Waals surface area contributed by atoms with E-state index in [2.05, 4.69) is 26.9 Å². The van der Waals surface area contributed by atoms with Crippen molar-refractivity contribution in [3.8, 4) is 0 Å². The topological polar surface area (TPSA) is 0 Å². The maximum atomic E-state index is 6.19. The zero-order chi connectivity index (χ0) is 8.91. The quantitative estimate of drug-likeness (QED) is 0.347. The van der Waals surface area contributed by atoms with Crippen LogP contribution in [-0.4, -0.2) is 7.38 Å². The molecule has 0 bridgehead atoms. The van der Waals surface area contributed by atoms with Crippen LogP contribution >= 0.6 is 11.1 Å². The summed E-state index contributed by atoms with van der Waals surface area (Å²) >= 11 is 6.19. The van der Waals surface area contributed by atoms with Crippen LogP contribution in [0.25, 0.3) is 0 Å². The third kappa shape index (κ3) is 10.5. The molecule has 0 spiro atoms. The number of halogens is 1. The van der Waals surface area contributed by atoms with Gasteiger partial charge in [0.05, 0.1) is 0 Å². The molecule has 0 unspecified atom stereocenters. The Hall–Kier alpha value is 0.507. The van der Waals surface area contributed by atoms with Crippen LogP contribution in [0.2, 0.25) is 19.1 Å². The van der Waals surface area contributed by atoms with Crippen molar-refractivity contribution >= 4 is 18.5 Å². The van der Waals surface area contributed by atoms with E-state index in [1.54, 1.807) is 0 Å². The van der Waals surface area contributed by atoms with Gasteiger partial charge in [0.15, 0.2) is 0 Å². The Morgan fingerprint density at radius 2 is 1.73 bits per heavy atom. The van der Waals surface area contributed by atoms with Crippen molar-refractivity contribution in [3.63, 3.8) is 0 Å². The van der Waals surface area contributed by atoms with E-state index in [0.717, 1.165) is 5.92 Å². The third-order valence-electron chi connectivity index (χ3n) is 1.80. The van der Waals surface area contributed by atoms with Gasteiger partial charge in [-0.2, -0.15) is 11.1 Å². The fourth-order valence-corrected chi connectivity index (χ4v) is 2.59. The molecule has 0 aliphatic carbocycles. The third-order valence-corrected chi connectivity index (χ3v) is 3.91. The summed E-state index contributed by atoms with van der Waals surface area (Å²) in [6, 6.07) is 1.28. The monoisotopic (exact) mass is 192 g/mol. The van der Waals surface area contributed by atoms with Gasteiger partial charge in [0, 0.05) is 0 Å². The molecular formula is C9H21ClSi. The maximum Gasteiger partial charge on any atom is 0.150 e. The molecule has 0 aliphatic heterocycles. The molecule has 0 aromatic heterocycles. The van der Waals surface area contributed by atoms with E-state index < -0.39 is 7.38 Å². The van der Waals surface area contributed by atoms with Gasteiger partial charge in [-0.25, -0.2) is 0 Å². The first-order chi connectivity index (χ1) is 4.92. The second kappa shape index (κ2) is 5.21. The first-order valence-electron chi connectivity index (χ1n) is 4.61. The van der Waals surface area contributed by atoms with E-state index in [4.69, 9.17) is 11.1 Å². The molecule has 2 heteroatoms. The fraction of sp³-hybridized carbons (Fsp3) is 1.00. The lowest BCUT2D eigenvalue weighted by Crippen LogP contribution is -2.15. The molecule has 0 N–H and O–H groups in total. The van der Waals surface area contributed by atoms with Gasteiger partial charge in [-0.05, 0) is 12.0 Å². The minimum Gasteiger partial charge on any atom is -0.168 e. The van der Waals surface area contributed by atoms with E-state index in [-0.39, 0.29) is 0 Å². The highest BCUT2D eigenvalue weighted by molar-refractivity contribution is 7.19. The van der Waals surface area contributed by atoms with E-state index in [9.17, 15) is 0 Å². The van der Waals surface area contributed by atoms with Crippen LogP contribution in [0.1, 0.15) is 33.1 Å². The lowest BCUT2D eigenvalue weighted by atomic mass is 10.1. The SMILES string of the molecule is CC(C)CCCC[Si](C)(C)Cl. The molecule has 0 fully saturated rings. The van der Waals surface area contributed by atoms with Crippen LogP contribution in [0.4, 0.5) is 0 Å². The molecule has 0 atom stereocenters. The van der Waals surface area contributed by atoms with Gasteiger partial charge < -0.3 is 0 Å². The van der Waals surface area contributed by atoms with Crippen molar-refractivity contribution in [2.45, 2.75) is 52.2 Å². The largest absolute Gasteiger partial charge is 0.168 e. The Kier molecular flexibility index (Phi) is 5.45. The fourth-order valence-electron chi connectivity index (χ4n) is 1.10. The Morgan fingerprint density at radius 3 is 2.09 bits per heavy atom. The highest BCUT2D eigenvalue weighted by Crippen LogP contribution is 2.19. The zero-order valence-electron chi connectivity index (χ0n) is 8.28. The van der Waals surface area contributed by atoms with Crippen molar-refractivity contribution in [2.75, 3.05) is 0 Å². The Balaban J connectivity index is 3.15. The van der Waals surface area contributed by atoms with E-state index in [1.165, 1.54) is 25.3 Å². The molecule has 68 valence electrons. The highest BCUT2D eigenvalue weighted by atomic mass is 35.6. The predicted molar refractivity (Wildman–Crippen MR) is 56.8 cm³/mol. The van der Waals surface area contributed by atoms with Crippen molar-refractivity contribution in [3.05, 3.63) is 0 Å². The van der Waals surface area contributed by atoms with Crippen molar-refractivity contribution in [1.82, 2.24) is 0 Å². The van der Waals surface area contributed by atoms with Crippen molar-refractivity contribution in [2.24, 2.45) is 5.92 Å². The summed E-state index contributed by atoms with van der Waals surface area (Å²) in [6.45, 7) is 9.01. The molecule has 0 rings (SSSR count). The molecule has 0 nitrogen and oxygen atoms in total. The van der Waals surface area contributed by atoms with Gasteiger partial charge >= 0.3 is 0 Å². The number of unbranched alkanes of at least 4 members (excludes halogenated alkanes) is 1. The standard InChI is InChI=1S/C9H21ClSi/c1-9(2)7-5-6-8-11(3,4)10/h9H,5-8H2,1-4H3. The van der Waals surface area contributed by atoms with Crippen LogP contribution in [0.3, 0.4) is 0 Å². The molecule has 0 amide bonds. The molecule has 0 saturated heterocycles. The lowest BCUT2D eigenvalue weighted by Gasteiger charge is -2.12. The van der Waals surface area contributed by atoms with Crippen LogP contribution < -0.4 is 0 Å². The van der Waals surface area contributed by atoms with Crippen molar-refractivity contribution in [1.29, 1.82) is 0 Å². The summed E-state index contributed by atoms with van der Waals surface area (Å²) in [7, 11) is -1.26. The first kappa shape index (κ1) is 11.5. The molecule has 0 aromatic rings. The molecule has 0 aliphatic rings. The minimum absolute atomic E-state index is 0.857. The predicted octanol–water partition coefficient (Wildman–Crippen LogP) is 4.26. The van der Waals surface area contributed by atoms with Gasteiger partial charge in [0.1, 0.15) is 7.38 Å². The smallest absolute Gasteiger partial charge is 0.150 e. The highest BCUT2D eigenvalue weighted by Gasteiger charge is 2.15. The average Bonchev–Trinajstić information content (AvgIpc) is 1.78. The molecule has 0 saturated carbocycles. The number of hydrogen-bond acceptors (Lipinski definition) is 0. The average molecular weight is 193 g/mol. The van der Waals surface area contributed by atoms with Gasteiger partial charge in [-0.15, -0.1) is 0 Å². The van der Waals surface area contributed by atoms with E-state index >= 15 is 0 Å². The molecular weight excluding hydrogens is 172 g/mol. The second-order valence-electron chi connectivity index (χ2n) is 4.36. The summed E-state index contributed by atoms with van der Waals surface area (Å²) < 4.78 is 0. The second-order valence-corrected chi connectivity index (χ2v) is 11.4. The van der Waals surface area contributed by atoms with Crippen molar-refractivity contribution < 1.29 is 0 Å². The molecule has 0 aromatic carbocycles. The van der Waals surface area contributed by atoms with Gasteiger partial charge in [0.25, 0.3) is 0 Å². The van der Waals surface area contributed by atoms with Gasteiger partial charge in [-0.3, -0.25) is 0 Å². The van der Waals surface area contributed by atoms with E-state index in [1.807, 2.05) is 0 Å². The Bertz CT molecular complexity index is 94.2. The maximum absolute atomic E-state index is 6.19. The zero-order valence-corrected chi connectivity index (χ0v) is 10.0. The number of hydrogen-bond donors (Lipinski definition) is 0. The first-order valence-corrected chi connectivity index (χ1v) is 8.82. The molecule has 0 heterocycles. The van der Waals surface area contributed by atoms with Gasteiger partial charge in [0.2, 0.25) is 0 Å². The van der Waals surface area contributed by atoms with Crippen LogP contribution in [0.15, 0.2) is 0 Å². The Labute approximate surface area is 77.0 Å². The number of rotatable bonds is 5. The van der Waals surface area contributed by atoms with Crippen LogP contribution in [0, 0.1) is 5.92 Å². The van der Waals surface area contributed by atoms with Gasteiger partial charge in [-0.1, -0.05) is 46.2 Å². The summed E-state index contributed by atoms with van der Waals surface area (Å²) in [6.07, 6.45) is 4.06. The molecule has 11 heavy (non-hydrogen) atoms. The van der Waals surface area contributed by atoms with Crippen LogP contribution in [-0.2, 0) is 0 Å². The normalized spacial score (nSPS) is 12.5. The van der Waals surface area contributed by atoms with E-state index in [0.29, 0.717) is 0 Å². The Morgan fingerprint density at radius 1 is 1.18 bits per heavy atom. The minimum atomic E-state index is -1.26. The summed E-state index contributed by atoms with van der Waals surface area (Å²) in [4.78, 5) is 0. The summed E-state index contributed by atoms with van der Waals surface area (Å²) in [5.74, 6) is 0.857. The lowest BCUT2D eigenvalue weighted by molar-refractivity contribution is 0.549. The molecule has 0 radical (unpaired) electrons. The summed E-state index contributed by atoms with van der Waals surface area (Å²) in [5.41, 5.74) is 0. The van der Waals surface area contributed by atoms with Crippen LogP contribution in [0.5, 0.6) is 0 Å². The summed E-state index contributed by atoms with van der Waals surface area (Å²) in [5, 5.41) is 0.